The zero-order valence-electron chi connectivity index (χ0n) is 12.6. The summed E-state index contributed by atoms with van der Waals surface area (Å²) in [5.74, 6) is 0.144. The molecule has 3 N–H and O–H groups in total. The number of rotatable bonds is 6. The number of hydrogen-bond acceptors (Lipinski definition) is 3. The summed E-state index contributed by atoms with van der Waals surface area (Å²) in [4.78, 5) is 12.3. The Hall–Kier alpha value is -1.36. The van der Waals surface area contributed by atoms with E-state index in [2.05, 4.69) is 23.4 Å². The van der Waals surface area contributed by atoms with E-state index in [-0.39, 0.29) is 11.3 Å². The lowest BCUT2D eigenvalue weighted by atomic mass is 9.85. The maximum atomic E-state index is 12.3. The Morgan fingerprint density at radius 3 is 2.70 bits per heavy atom. The van der Waals surface area contributed by atoms with Crippen molar-refractivity contribution in [3.63, 3.8) is 0 Å². The number of carbonyl (C=O) groups excluding carboxylic acids is 1. The molecule has 20 heavy (non-hydrogen) atoms. The van der Waals surface area contributed by atoms with E-state index in [9.17, 15) is 4.79 Å². The molecule has 0 unspecified atom stereocenters. The molecule has 1 aromatic heterocycles. The van der Waals surface area contributed by atoms with Crippen LogP contribution in [0.15, 0.2) is 6.07 Å². The van der Waals surface area contributed by atoms with Gasteiger partial charge in [-0.1, -0.05) is 12.8 Å². The van der Waals surface area contributed by atoms with Crippen LogP contribution in [0.4, 0.5) is 0 Å². The SMILES string of the molecule is Cc1cc(C)n(CCCNC(=O)C2(CN)CCCC2)n1. The molecule has 1 aliphatic rings. The Bertz CT molecular complexity index is 460. The standard InChI is InChI=1S/C15H26N4O/c1-12-10-13(2)19(18-12)9-5-8-17-14(20)15(11-16)6-3-4-7-15/h10H,3-9,11,16H2,1-2H3,(H,17,20). The second-order valence-corrected chi connectivity index (χ2v) is 5.95. The van der Waals surface area contributed by atoms with E-state index in [0.29, 0.717) is 13.1 Å². The first kappa shape index (κ1) is 15.0. The minimum absolute atomic E-state index is 0.144. The van der Waals surface area contributed by atoms with Gasteiger partial charge in [0.05, 0.1) is 11.1 Å². The van der Waals surface area contributed by atoms with Crippen molar-refractivity contribution in [3.05, 3.63) is 17.5 Å². The molecule has 1 fully saturated rings. The molecule has 5 nitrogen and oxygen atoms in total. The molecule has 0 saturated heterocycles. The number of hydrogen-bond donors (Lipinski definition) is 2. The maximum absolute atomic E-state index is 12.3. The maximum Gasteiger partial charge on any atom is 0.227 e. The number of nitrogens with zero attached hydrogens (tertiary/aromatic N) is 2. The van der Waals surface area contributed by atoms with E-state index in [1.165, 1.54) is 5.69 Å². The number of amides is 1. The van der Waals surface area contributed by atoms with E-state index in [1.54, 1.807) is 0 Å². The molecule has 112 valence electrons. The van der Waals surface area contributed by atoms with E-state index in [4.69, 9.17) is 5.73 Å². The average molecular weight is 278 g/mol. The van der Waals surface area contributed by atoms with Crippen LogP contribution in [0, 0.1) is 19.3 Å². The van der Waals surface area contributed by atoms with Gasteiger partial charge in [-0.15, -0.1) is 0 Å². The first-order chi connectivity index (χ1) is 9.57. The van der Waals surface area contributed by atoms with Crippen LogP contribution in [0.1, 0.15) is 43.5 Å². The molecular formula is C15H26N4O. The normalized spacial score (nSPS) is 17.4. The van der Waals surface area contributed by atoms with Crippen molar-refractivity contribution >= 4 is 5.91 Å². The molecule has 0 radical (unpaired) electrons. The van der Waals surface area contributed by atoms with Crippen LogP contribution in [0.25, 0.3) is 0 Å². The molecule has 2 rings (SSSR count). The van der Waals surface area contributed by atoms with Gasteiger partial charge in [0.1, 0.15) is 0 Å². The lowest BCUT2D eigenvalue weighted by molar-refractivity contribution is -0.130. The molecule has 0 aliphatic heterocycles. The lowest BCUT2D eigenvalue weighted by Crippen LogP contribution is -2.44. The molecule has 0 bridgehead atoms. The van der Waals surface area contributed by atoms with Gasteiger partial charge in [0, 0.05) is 25.3 Å². The summed E-state index contributed by atoms with van der Waals surface area (Å²) >= 11 is 0. The molecule has 1 aliphatic carbocycles. The van der Waals surface area contributed by atoms with Crippen molar-refractivity contribution in [2.24, 2.45) is 11.1 Å². The summed E-state index contributed by atoms with van der Waals surface area (Å²) in [5.41, 5.74) is 7.73. The third-order valence-corrected chi connectivity index (χ3v) is 4.37. The fourth-order valence-electron chi connectivity index (χ4n) is 3.10. The van der Waals surface area contributed by atoms with Crippen molar-refractivity contribution in [1.82, 2.24) is 15.1 Å². The number of nitrogens with two attached hydrogens (primary N) is 1. The van der Waals surface area contributed by atoms with Gasteiger partial charge >= 0.3 is 0 Å². The fraction of sp³-hybridized carbons (Fsp3) is 0.733. The van der Waals surface area contributed by atoms with Crippen molar-refractivity contribution in [3.8, 4) is 0 Å². The van der Waals surface area contributed by atoms with E-state index in [1.807, 2.05) is 11.6 Å². The van der Waals surface area contributed by atoms with Crippen molar-refractivity contribution in [2.45, 2.75) is 52.5 Å². The summed E-state index contributed by atoms with van der Waals surface area (Å²) in [6, 6.07) is 2.07. The van der Waals surface area contributed by atoms with Crippen molar-refractivity contribution < 1.29 is 4.79 Å². The fourth-order valence-corrected chi connectivity index (χ4v) is 3.10. The van der Waals surface area contributed by atoms with Gasteiger partial charge < -0.3 is 11.1 Å². The Kier molecular flexibility index (Phi) is 4.81. The summed E-state index contributed by atoms with van der Waals surface area (Å²) < 4.78 is 2.00. The molecule has 5 heteroatoms. The summed E-state index contributed by atoms with van der Waals surface area (Å²) in [5, 5.41) is 7.47. The molecule has 0 spiro atoms. The van der Waals surface area contributed by atoms with Crippen LogP contribution in [0.5, 0.6) is 0 Å². The van der Waals surface area contributed by atoms with Crippen molar-refractivity contribution in [1.29, 1.82) is 0 Å². The molecule has 0 aromatic carbocycles. The highest BCUT2D eigenvalue weighted by molar-refractivity contribution is 5.83. The Labute approximate surface area is 120 Å². The van der Waals surface area contributed by atoms with Crippen LogP contribution in [-0.4, -0.2) is 28.8 Å². The largest absolute Gasteiger partial charge is 0.356 e. The molecule has 1 aromatic rings. The van der Waals surface area contributed by atoms with Gasteiger partial charge in [-0.2, -0.15) is 5.10 Å². The predicted molar refractivity (Wildman–Crippen MR) is 79.3 cm³/mol. The van der Waals surface area contributed by atoms with Crippen LogP contribution in [0.2, 0.25) is 0 Å². The quantitative estimate of drug-likeness (QED) is 0.775. The monoisotopic (exact) mass is 278 g/mol. The third kappa shape index (κ3) is 3.20. The van der Waals surface area contributed by atoms with Gasteiger partial charge in [0.2, 0.25) is 5.91 Å². The van der Waals surface area contributed by atoms with Gasteiger partial charge in [-0.3, -0.25) is 9.48 Å². The summed E-state index contributed by atoms with van der Waals surface area (Å²) in [6.45, 7) is 6.06. The Balaban J connectivity index is 1.75. The number of nitrogens with one attached hydrogen (secondary N) is 1. The molecule has 0 atom stereocenters. The second kappa shape index (κ2) is 6.39. The van der Waals surface area contributed by atoms with Crippen LogP contribution in [-0.2, 0) is 11.3 Å². The lowest BCUT2D eigenvalue weighted by Gasteiger charge is -2.25. The first-order valence-electron chi connectivity index (χ1n) is 7.57. The number of aryl methyl sites for hydroxylation is 3. The van der Waals surface area contributed by atoms with Crippen LogP contribution >= 0.6 is 0 Å². The number of carbonyl (C=O) groups is 1. The third-order valence-electron chi connectivity index (χ3n) is 4.37. The van der Waals surface area contributed by atoms with Crippen molar-refractivity contribution in [2.75, 3.05) is 13.1 Å². The van der Waals surface area contributed by atoms with Gasteiger partial charge in [-0.25, -0.2) is 0 Å². The molecule has 1 heterocycles. The minimum atomic E-state index is -0.293. The zero-order chi connectivity index (χ0) is 14.6. The smallest absolute Gasteiger partial charge is 0.227 e. The Morgan fingerprint density at radius 1 is 1.45 bits per heavy atom. The highest BCUT2D eigenvalue weighted by Gasteiger charge is 2.39. The summed E-state index contributed by atoms with van der Waals surface area (Å²) in [6.07, 6.45) is 5.01. The highest BCUT2D eigenvalue weighted by atomic mass is 16.2. The van der Waals surface area contributed by atoms with Crippen LogP contribution < -0.4 is 11.1 Å². The summed E-state index contributed by atoms with van der Waals surface area (Å²) in [7, 11) is 0. The van der Waals surface area contributed by atoms with E-state index < -0.39 is 0 Å². The second-order valence-electron chi connectivity index (χ2n) is 5.95. The molecule has 1 saturated carbocycles. The van der Waals surface area contributed by atoms with Crippen LogP contribution in [0.3, 0.4) is 0 Å². The minimum Gasteiger partial charge on any atom is -0.356 e. The zero-order valence-corrected chi connectivity index (χ0v) is 12.6. The topological polar surface area (TPSA) is 72.9 Å². The van der Waals surface area contributed by atoms with Gasteiger partial charge in [0.15, 0.2) is 0 Å². The Morgan fingerprint density at radius 2 is 2.15 bits per heavy atom. The molecular weight excluding hydrogens is 252 g/mol. The van der Waals surface area contributed by atoms with E-state index >= 15 is 0 Å². The molecule has 1 amide bonds. The van der Waals surface area contributed by atoms with E-state index in [0.717, 1.165) is 44.3 Å². The highest BCUT2D eigenvalue weighted by Crippen LogP contribution is 2.37. The predicted octanol–water partition coefficient (Wildman–Crippen LogP) is 1.53. The van der Waals surface area contributed by atoms with Gasteiger partial charge in [-0.05, 0) is 39.2 Å². The first-order valence-corrected chi connectivity index (χ1v) is 7.57. The van der Waals surface area contributed by atoms with Gasteiger partial charge in [0.25, 0.3) is 0 Å². The number of aromatic nitrogens is 2. The average Bonchev–Trinajstić information content (AvgIpc) is 3.02.